The minimum atomic E-state index is -2.80. The number of pyridine rings is 1. The van der Waals surface area contributed by atoms with E-state index in [4.69, 9.17) is 5.73 Å². The topological polar surface area (TPSA) is 113 Å². The maximum atomic E-state index is 12.7. The molecule has 0 aliphatic carbocycles. The summed E-state index contributed by atoms with van der Waals surface area (Å²) in [6.45, 7) is 29.3. The van der Waals surface area contributed by atoms with Gasteiger partial charge in [-0.25, -0.2) is 18.8 Å². The molecular weight excluding hydrogens is 707 g/mol. The highest BCUT2D eigenvalue weighted by Gasteiger charge is 2.30. The first-order valence-electron chi connectivity index (χ1n) is 20.4. The van der Waals surface area contributed by atoms with Crippen LogP contribution in [-0.4, -0.2) is 41.4 Å². The SMILES string of the molecule is C=C(C(CCCC)C[C@H](C)CC)N1C=CN=C(N)\C1=C(C(/C=C\C(C=O)=C(C)CC)=C(/C)NCC)\C(C)CC.CCC(C)=O.CNc1cc(C(C)(F)F)ccn1. The summed E-state index contributed by atoms with van der Waals surface area (Å²) in [7, 11) is 1.64. The summed E-state index contributed by atoms with van der Waals surface area (Å²) in [4.78, 5) is 32.3. The Labute approximate surface area is 338 Å². The monoisotopic (exact) mass is 781 g/mol. The normalized spacial score (nSPS) is 16.1. The number of aromatic nitrogens is 1. The number of aldehydes is 1. The molecule has 0 spiro atoms. The van der Waals surface area contributed by atoms with E-state index >= 15 is 0 Å². The van der Waals surface area contributed by atoms with Crippen LogP contribution in [0.5, 0.6) is 0 Å². The maximum Gasteiger partial charge on any atom is 0.270 e. The molecular formula is C46H74F2N6O2. The number of rotatable bonds is 20. The van der Waals surface area contributed by atoms with Crippen LogP contribution in [-0.2, 0) is 15.5 Å². The van der Waals surface area contributed by atoms with Gasteiger partial charge in [-0.1, -0.05) is 92.0 Å². The lowest BCUT2D eigenvalue weighted by Crippen LogP contribution is -2.35. The predicted molar refractivity (Wildman–Crippen MR) is 234 cm³/mol. The second kappa shape index (κ2) is 27.3. The van der Waals surface area contributed by atoms with Crippen LogP contribution in [0.4, 0.5) is 14.6 Å². The van der Waals surface area contributed by atoms with Gasteiger partial charge in [0.05, 0.1) is 5.70 Å². The molecule has 10 heteroatoms. The molecule has 1 aromatic rings. The average molecular weight is 781 g/mol. The lowest BCUT2D eigenvalue weighted by atomic mass is 9.85. The van der Waals surface area contributed by atoms with Crippen molar-refractivity contribution in [1.29, 1.82) is 0 Å². The zero-order valence-electron chi connectivity index (χ0n) is 36.9. The van der Waals surface area contributed by atoms with Gasteiger partial charge in [0, 0.05) is 68.1 Å². The molecule has 0 aromatic carbocycles. The number of carbonyl (C=O) groups is 2. The summed E-state index contributed by atoms with van der Waals surface area (Å²) in [5, 5.41) is 6.22. The standard InChI is InChI=1S/C34H56N4O.C8H10F2N2.C4H8O/c1-11-16-17-29(22-24(6)12-2)28(10)38-21-20-37-34(35)33(38)32(26(8)14-4)31(27(9)36-15-5)19-18-30(23-39)25(7)13-3;1-8(9,10)6-3-4-12-7(5-6)11-2;1-3-4(2)5/h18-21,23-24,26,29,36H,10-17,22H2,1-9H3,(H2,35,37);3-5H,1-2H3,(H,11,12);3H2,1-2H3/b19-18-,30-25?,31-27-,33-32+;;/t24-,26?,29?;;/m1../s1. The number of halogens is 2. The molecule has 0 saturated heterocycles. The molecule has 8 nitrogen and oxygen atoms in total. The third kappa shape index (κ3) is 17.6. The van der Waals surface area contributed by atoms with Crippen LogP contribution in [0.3, 0.4) is 0 Å². The summed E-state index contributed by atoms with van der Waals surface area (Å²) < 4.78 is 25.4. The van der Waals surface area contributed by atoms with Crippen molar-refractivity contribution in [3.8, 4) is 0 Å². The molecule has 1 aliphatic heterocycles. The van der Waals surface area contributed by atoms with E-state index in [0.717, 1.165) is 92.1 Å². The van der Waals surface area contributed by atoms with E-state index < -0.39 is 5.92 Å². The quantitative estimate of drug-likeness (QED) is 0.0686. The summed E-state index contributed by atoms with van der Waals surface area (Å²) in [5.41, 5.74) is 13.7. The number of anilines is 1. The fraction of sp³-hybridized carbons (Fsp3) is 0.565. The lowest BCUT2D eigenvalue weighted by molar-refractivity contribution is -0.116. The Morgan fingerprint density at radius 3 is 2.18 bits per heavy atom. The van der Waals surface area contributed by atoms with Crippen molar-refractivity contribution in [2.45, 2.75) is 140 Å². The van der Waals surface area contributed by atoms with E-state index in [1.54, 1.807) is 20.2 Å². The predicted octanol–water partition coefficient (Wildman–Crippen LogP) is 11.8. The molecule has 0 amide bonds. The fourth-order valence-electron chi connectivity index (χ4n) is 5.77. The third-order valence-corrected chi connectivity index (χ3v) is 10.1. The van der Waals surface area contributed by atoms with Gasteiger partial charge in [0.15, 0.2) is 0 Å². The van der Waals surface area contributed by atoms with Crippen LogP contribution < -0.4 is 16.4 Å². The van der Waals surface area contributed by atoms with Gasteiger partial charge in [-0.05, 0) is 94.4 Å². The van der Waals surface area contributed by atoms with Crippen molar-refractivity contribution in [3.63, 3.8) is 0 Å². The Bertz CT molecular complexity index is 1580. The fourth-order valence-corrected chi connectivity index (χ4v) is 5.77. The number of amidine groups is 1. The molecule has 0 radical (unpaired) electrons. The lowest BCUT2D eigenvalue weighted by Gasteiger charge is -2.36. The van der Waals surface area contributed by atoms with E-state index in [2.05, 4.69) is 93.6 Å². The molecule has 2 unspecified atom stereocenters. The Balaban J connectivity index is 0.00000145. The van der Waals surface area contributed by atoms with Crippen LogP contribution in [0.1, 0.15) is 140 Å². The molecule has 1 aliphatic rings. The highest BCUT2D eigenvalue weighted by atomic mass is 19.3. The van der Waals surface area contributed by atoms with Crippen molar-refractivity contribution >= 4 is 23.7 Å². The zero-order valence-corrected chi connectivity index (χ0v) is 36.9. The number of unbranched alkanes of at least 4 members (excludes halogenated alkanes) is 1. The minimum Gasteiger partial charge on any atom is -0.388 e. The number of carbonyl (C=O) groups excluding carboxylic acids is 2. The zero-order chi connectivity index (χ0) is 43.0. The largest absolute Gasteiger partial charge is 0.388 e. The molecule has 0 bridgehead atoms. The number of allylic oxidation sites excluding steroid dienone is 8. The van der Waals surface area contributed by atoms with E-state index in [-0.39, 0.29) is 17.3 Å². The third-order valence-electron chi connectivity index (χ3n) is 10.1. The molecule has 56 heavy (non-hydrogen) atoms. The number of ketones is 1. The van der Waals surface area contributed by atoms with Crippen molar-refractivity contribution in [3.05, 3.63) is 94.4 Å². The molecule has 2 rings (SSSR count). The van der Waals surface area contributed by atoms with E-state index in [9.17, 15) is 18.4 Å². The Morgan fingerprint density at radius 1 is 1.05 bits per heavy atom. The van der Waals surface area contributed by atoms with E-state index in [0.29, 0.717) is 35.5 Å². The second-order valence-electron chi connectivity index (χ2n) is 14.6. The van der Waals surface area contributed by atoms with Gasteiger partial charge in [-0.2, -0.15) is 0 Å². The molecule has 2 heterocycles. The number of hydrogen-bond donors (Lipinski definition) is 3. The van der Waals surface area contributed by atoms with Gasteiger partial charge < -0.3 is 26.1 Å². The number of aliphatic imine (C=N–C) groups is 1. The van der Waals surface area contributed by atoms with Crippen LogP contribution in [0, 0.1) is 17.8 Å². The number of hydrogen-bond acceptors (Lipinski definition) is 8. The summed E-state index contributed by atoms with van der Waals surface area (Å²) in [6.07, 6.45) is 18.3. The molecule has 314 valence electrons. The summed E-state index contributed by atoms with van der Waals surface area (Å²) >= 11 is 0. The first kappa shape index (κ1) is 51.7. The first-order chi connectivity index (χ1) is 26.4. The average Bonchev–Trinajstić information content (AvgIpc) is 3.18. The van der Waals surface area contributed by atoms with Crippen LogP contribution >= 0.6 is 0 Å². The number of nitrogens with two attached hydrogens (primary N) is 1. The molecule has 1 aromatic heterocycles. The molecule has 0 saturated carbocycles. The van der Waals surface area contributed by atoms with Crippen molar-refractivity contribution in [1.82, 2.24) is 15.2 Å². The van der Waals surface area contributed by atoms with Crippen LogP contribution in [0.15, 0.2) is 93.8 Å². The van der Waals surface area contributed by atoms with Crippen molar-refractivity contribution < 1.29 is 18.4 Å². The number of nitrogens with one attached hydrogen (secondary N) is 2. The Hall–Kier alpha value is -4.34. The Morgan fingerprint density at radius 2 is 1.70 bits per heavy atom. The smallest absolute Gasteiger partial charge is 0.270 e. The van der Waals surface area contributed by atoms with Gasteiger partial charge >= 0.3 is 0 Å². The number of alkyl halides is 2. The van der Waals surface area contributed by atoms with E-state index in [1.807, 2.05) is 26.1 Å². The summed E-state index contributed by atoms with van der Waals surface area (Å²) in [5.74, 6) is -0.415. The van der Waals surface area contributed by atoms with Gasteiger partial charge in [0.25, 0.3) is 5.92 Å². The number of nitrogens with zero attached hydrogens (tertiary/aromatic N) is 3. The minimum absolute atomic E-state index is 0.0261. The Kier molecular flexibility index (Phi) is 25.2. The second-order valence-corrected chi connectivity index (χ2v) is 14.6. The summed E-state index contributed by atoms with van der Waals surface area (Å²) in [6, 6.07) is 2.64. The highest BCUT2D eigenvalue weighted by Crippen LogP contribution is 2.37. The molecule has 4 N–H and O–H groups in total. The van der Waals surface area contributed by atoms with Crippen LogP contribution in [0.25, 0.3) is 0 Å². The van der Waals surface area contributed by atoms with Gasteiger partial charge in [0.1, 0.15) is 23.7 Å². The first-order valence-corrected chi connectivity index (χ1v) is 20.4. The molecule has 0 fully saturated rings. The van der Waals surface area contributed by atoms with Crippen molar-refractivity contribution in [2.75, 3.05) is 18.9 Å². The number of Topliss-reactive ketones (excluding diaryl/α,β-unsaturated/α-hetero) is 1. The van der Waals surface area contributed by atoms with Crippen molar-refractivity contribution in [2.24, 2.45) is 28.5 Å². The van der Waals surface area contributed by atoms with Gasteiger partial charge in [-0.3, -0.25) is 4.79 Å². The van der Waals surface area contributed by atoms with Gasteiger partial charge in [-0.15, -0.1) is 0 Å². The highest BCUT2D eigenvalue weighted by molar-refractivity contribution is 5.99. The van der Waals surface area contributed by atoms with E-state index in [1.165, 1.54) is 24.8 Å². The van der Waals surface area contributed by atoms with Gasteiger partial charge in [0.2, 0.25) is 0 Å². The maximum absolute atomic E-state index is 12.7. The van der Waals surface area contributed by atoms with Crippen LogP contribution in [0.2, 0.25) is 0 Å². The molecule has 3 atom stereocenters.